The summed E-state index contributed by atoms with van der Waals surface area (Å²) in [5.41, 5.74) is 7.74. The lowest BCUT2D eigenvalue weighted by Crippen LogP contribution is -2.24. The first kappa shape index (κ1) is 43.5. The molecule has 0 amide bonds. The predicted molar refractivity (Wildman–Crippen MR) is 270 cm³/mol. The molecular weight excluding hydrogens is 765 g/mol. The fraction of sp³-hybridized carbons (Fsp3) is 0.267. The molecule has 0 aliphatic carbocycles. The van der Waals surface area contributed by atoms with Crippen molar-refractivity contribution in [2.24, 2.45) is 0 Å². The highest BCUT2D eigenvalue weighted by Gasteiger charge is 2.25. The van der Waals surface area contributed by atoms with Crippen LogP contribution in [0.25, 0.3) is 21.5 Å². The summed E-state index contributed by atoms with van der Waals surface area (Å²) in [4.78, 5) is 5.12. The molecule has 0 N–H and O–H groups in total. The van der Waals surface area contributed by atoms with Gasteiger partial charge in [0.1, 0.15) is 0 Å². The molecule has 0 heterocycles. The van der Waals surface area contributed by atoms with Crippen molar-refractivity contribution >= 4 is 44.3 Å². The van der Waals surface area contributed by atoms with E-state index in [4.69, 9.17) is 4.74 Å². The van der Waals surface area contributed by atoms with Gasteiger partial charge in [-0.3, -0.25) is 0 Å². The van der Waals surface area contributed by atoms with E-state index < -0.39 is 0 Å². The van der Waals surface area contributed by atoms with Crippen LogP contribution >= 0.6 is 0 Å². The number of nitrogens with zero attached hydrogens (tertiary/aromatic N) is 2. The Morgan fingerprint density at radius 1 is 0.286 bits per heavy atom. The maximum absolute atomic E-state index is 6.17. The summed E-state index contributed by atoms with van der Waals surface area (Å²) in [6.07, 6.45) is 14.2. The Hall–Kier alpha value is -6.16. The van der Waals surface area contributed by atoms with Crippen LogP contribution < -0.4 is 9.80 Å². The van der Waals surface area contributed by atoms with E-state index in [1.54, 1.807) is 0 Å². The predicted octanol–water partition coefficient (Wildman–Crippen LogP) is 17.1. The zero-order valence-corrected chi connectivity index (χ0v) is 37.0. The van der Waals surface area contributed by atoms with Crippen LogP contribution in [0.1, 0.15) is 100 Å². The molecule has 3 heteroatoms. The number of unbranched alkanes of at least 4 members (excludes halogenated alkanes) is 8. The van der Waals surface area contributed by atoms with E-state index in [2.05, 4.69) is 216 Å². The second kappa shape index (κ2) is 23.3. The molecule has 8 aromatic rings. The van der Waals surface area contributed by atoms with Gasteiger partial charge in [-0.25, -0.2) is 0 Å². The van der Waals surface area contributed by atoms with Crippen molar-refractivity contribution in [3.8, 4) is 0 Å². The number of benzene rings is 8. The number of rotatable bonds is 24. The van der Waals surface area contributed by atoms with Crippen molar-refractivity contribution in [2.75, 3.05) is 23.0 Å². The zero-order valence-electron chi connectivity index (χ0n) is 37.0. The summed E-state index contributed by atoms with van der Waals surface area (Å²) < 4.78 is 6.17. The van der Waals surface area contributed by atoms with Gasteiger partial charge in [0.25, 0.3) is 0 Å². The highest BCUT2D eigenvalue weighted by atomic mass is 16.5. The van der Waals surface area contributed by atoms with Gasteiger partial charge in [-0.15, -0.1) is 0 Å². The van der Waals surface area contributed by atoms with Crippen LogP contribution in [-0.2, 0) is 4.74 Å². The molecular formula is C60H64N2O. The lowest BCUT2D eigenvalue weighted by molar-refractivity contribution is 0.125. The number of para-hydroxylation sites is 4. The maximum atomic E-state index is 6.17. The molecule has 320 valence electrons. The van der Waals surface area contributed by atoms with E-state index in [1.165, 1.54) is 107 Å². The monoisotopic (exact) mass is 829 g/mol. The van der Waals surface area contributed by atoms with Crippen molar-refractivity contribution in [3.05, 3.63) is 217 Å². The van der Waals surface area contributed by atoms with E-state index in [-0.39, 0.29) is 12.1 Å². The summed E-state index contributed by atoms with van der Waals surface area (Å²) in [5, 5.41) is 5.30. The number of hydrogen-bond acceptors (Lipinski definition) is 3. The lowest BCUT2D eigenvalue weighted by Gasteiger charge is -2.35. The molecule has 0 spiro atoms. The second-order valence-corrected chi connectivity index (χ2v) is 17.0. The van der Waals surface area contributed by atoms with Crippen LogP contribution in [0.4, 0.5) is 22.7 Å². The molecule has 0 saturated heterocycles. The van der Waals surface area contributed by atoms with Crippen LogP contribution in [0.5, 0.6) is 0 Å². The van der Waals surface area contributed by atoms with Crippen molar-refractivity contribution in [1.82, 2.24) is 0 Å². The summed E-state index contributed by atoms with van der Waals surface area (Å²) >= 11 is 0. The molecule has 0 aliphatic heterocycles. The van der Waals surface area contributed by atoms with Crippen molar-refractivity contribution in [1.29, 1.82) is 0 Å². The molecule has 63 heavy (non-hydrogen) atoms. The van der Waals surface area contributed by atoms with Gasteiger partial charge in [0.2, 0.25) is 0 Å². The highest BCUT2D eigenvalue weighted by Crippen LogP contribution is 2.42. The Morgan fingerprint density at radius 2 is 0.587 bits per heavy atom. The first-order valence-corrected chi connectivity index (χ1v) is 23.7. The number of anilines is 4. The van der Waals surface area contributed by atoms with Gasteiger partial charge >= 0.3 is 0 Å². The van der Waals surface area contributed by atoms with Gasteiger partial charge < -0.3 is 14.5 Å². The number of fused-ring (bicyclic) bond motifs is 2. The SMILES string of the molecule is c1ccc(N(c2ccccc2)C(CCCCCCCOCCCCCCCC(c2cccc3ccccc23)N(c2ccccc2)c2ccccc2)c2cccc3ccccc23)cc1. The van der Waals surface area contributed by atoms with Crippen molar-refractivity contribution in [2.45, 2.75) is 89.1 Å². The fourth-order valence-corrected chi connectivity index (χ4v) is 9.55. The van der Waals surface area contributed by atoms with Gasteiger partial charge in [-0.2, -0.15) is 0 Å². The number of ether oxygens (including phenoxy) is 1. The summed E-state index contributed by atoms with van der Waals surface area (Å²) in [6.45, 7) is 1.74. The Labute approximate surface area is 377 Å². The van der Waals surface area contributed by atoms with Gasteiger partial charge in [0.05, 0.1) is 12.1 Å². The molecule has 2 atom stereocenters. The maximum Gasteiger partial charge on any atom is 0.0597 e. The van der Waals surface area contributed by atoms with Crippen LogP contribution in [0.2, 0.25) is 0 Å². The van der Waals surface area contributed by atoms with Crippen LogP contribution in [0.3, 0.4) is 0 Å². The van der Waals surface area contributed by atoms with Gasteiger partial charge in [0.15, 0.2) is 0 Å². The summed E-state index contributed by atoms with van der Waals surface area (Å²) in [6, 6.07) is 75.5. The normalized spacial score (nSPS) is 12.3. The average Bonchev–Trinajstić information content (AvgIpc) is 3.35. The fourth-order valence-electron chi connectivity index (χ4n) is 9.55. The van der Waals surface area contributed by atoms with Crippen molar-refractivity contribution in [3.63, 3.8) is 0 Å². The Balaban J connectivity index is 0.781. The van der Waals surface area contributed by atoms with Crippen LogP contribution in [-0.4, -0.2) is 13.2 Å². The molecule has 0 aliphatic rings. The summed E-state index contributed by atoms with van der Waals surface area (Å²) in [5.74, 6) is 0. The molecule has 8 aromatic carbocycles. The van der Waals surface area contributed by atoms with Gasteiger partial charge in [-0.05, 0) is 107 Å². The number of hydrogen-bond donors (Lipinski definition) is 0. The van der Waals surface area contributed by atoms with Crippen LogP contribution in [0, 0.1) is 0 Å². The first-order valence-electron chi connectivity index (χ1n) is 23.7. The zero-order chi connectivity index (χ0) is 42.7. The van der Waals surface area contributed by atoms with E-state index in [1.807, 2.05) is 0 Å². The van der Waals surface area contributed by atoms with E-state index in [9.17, 15) is 0 Å². The molecule has 0 radical (unpaired) electrons. The molecule has 0 bridgehead atoms. The Morgan fingerprint density at radius 3 is 0.968 bits per heavy atom. The molecule has 3 nitrogen and oxygen atoms in total. The standard InChI is InChI=1S/C60H64N2O/c1(3-19-45-59(57-43-27-31-49-29-21-23-41-55(49)57)61(51-33-11-7-12-34-51)52-35-13-8-14-36-52)5-25-47-63-48-26-6-2-4-20-46-60(58-44-28-32-50-30-22-24-42-56(50)58)62(53-37-15-9-16-38-53)54-39-17-10-18-40-54/h7-18,21-24,27-44,59-60H,1-6,19-20,25-26,45-48H2. The smallest absolute Gasteiger partial charge is 0.0597 e. The van der Waals surface area contributed by atoms with E-state index in [0.717, 1.165) is 38.9 Å². The largest absolute Gasteiger partial charge is 0.381 e. The lowest BCUT2D eigenvalue weighted by atomic mass is 9.92. The molecule has 0 fully saturated rings. The van der Waals surface area contributed by atoms with E-state index >= 15 is 0 Å². The third-order valence-electron chi connectivity index (χ3n) is 12.7. The Bertz CT molecular complexity index is 2260. The summed E-state index contributed by atoms with van der Waals surface area (Å²) in [7, 11) is 0. The third-order valence-corrected chi connectivity index (χ3v) is 12.7. The second-order valence-electron chi connectivity index (χ2n) is 17.0. The molecule has 8 rings (SSSR count). The first-order chi connectivity index (χ1) is 31.3. The topological polar surface area (TPSA) is 15.7 Å². The minimum atomic E-state index is 0.230. The molecule has 0 saturated carbocycles. The molecule has 2 unspecified atom stereocenters. The van der Waals surface area contributed by atoms with Crippen molar-refractivity contribution < 1.29 is 4.74 Å². The van der Waals surface area contributed by atoms with E-state index in [0.29, 0.717) is 0 Å². The van der Waals surface area contributed by atoms with Crippen LogP contribution in [0.15, 0.2) is 206 Å². The Kier molecular flexibility index (Phi) is 16.1. The average molecular weight is 829 g/mol. The minimum Gasteiger partial charge on any atom is -0.381 e. The molecule has 0 aromatic heterocycles. The quantitative estimate of drug-likeness (QED) is 0.0564. The van der Waals surface area contributed by atoms with Gasteiger partial charge in [0, 0.05) is 36.0 Å². The van der Waals surface area contributed by atoms with Gasteiger partial charge in [-0.1, -0.05) is 209 Å². The third kappa shape index (κ3) is 11.7. The minimum absolute atomic E-state index is 0.230. The highest BCUT2D eigenvalue weighted by molar-refractivity contribution is 5.88.